The van der Waals surface area contributed by atoms with Gasteiger partial charge in [-0.1, -0.05) is 0 Å². The first-order valence-corrected chi connectivity index (χ1v) is 7.10. The van der Waals surface area contributed by atoms with E-state index in [1.54, 1.807) is 6.92 Å². The Morgan fingerprint density at radius 3 is 2.45 bits per heavy atom. The van der Waals surface area contributed by atoms with Crippen molar-refractivity contribution < 1.29 is 14.3 Å². The molecule has 0 aliphatic heterocycles. The van der Waals surface area contributed by atoms with E-state index in [1.165, 1.54) is 23.2 Å². The Bertz CT molecular complexity index is 892. The number of carbonyl (C=O) groups is 2. The minimum absolute atomic E-state index is 0.0501. The molecule has 0 unspecified atom stereocenters. The van der Waals surface area contributed by atoms with Crippen LogP contribution in [0.1, 0.15) is 6.92 Å². The molecule has 2 aromatic rings. The predicted octanol–water partition coefficient (Wildman–Crippen LogP) is -0.672. The number of Topliss-reactive ketones (excluding diaryl/α,β-unsaturated/α-hetero) is 1. The lowest BCUT2D eigenvalue weighted by Crippen LogP contribution is -2.38. The summed E-state index contributed by atoms with van der Waals surface area (Å²) in [4.78, 5) is 51.4. The van der Waals surface area contributed by atoms with Crippen molar-refractivity contribution in [1.82, 2.24) is 18.7 Å². The lowest BCUT2D eigenvalue weighted by molar-refractivity contribution is -0.153. The topological polar surface area (TPSA) is 105 Å². The molecule has 2 rings (SSSR count). The number of esters is 1. The molecule has 2 aromatic heterocycles. The Morgan fingerprint density at radius 1 is 1.23 bits per heavy atom. The fourth-order valence-corrected chi connectivity index (χ4v) is 2.45. The molecule has 2 heterocycles. The standard InChI is InChI=1S/C12H13BrN4O5/c1-4-22-10(20)6(18)5-17-7-8(14-11(17)13)15(2)12(21)16(3)9(7)19/h4-5H2,1-3H3. The van der Waals surface area contributed by atoms with Gasteiger partial charge in [-0.3, -0.25) is 18.7 Å². The lowest BCUT2D eigenvalue weighted by Gasteiger charge is -2.06. The third kappa shape index (κ3) is 2.49. The van der Waals surface area contributed by atoms with Crippen molar-refractivity contribution in [3.8, 4) is 0 Å². The maximum absolute atomic E-state index is 12.3. The molecule has 0 bridgehead atoms. The zero-order chi connectivity index (χ0) is 16.6. The van der Waals surface area contributed by atoms with Gasteiger partial charge in [-0.05, 0) is 22.9 Å². The number of carbonyl (C=O) groups excluding carboxylic acids is 2. The van der Waals surface area contributed by atoms with Gasteiger partial charge in [0.1, 0.15) is 0 Å². The highest BCUT2D eigenvalue weighted by Crippen LogP contribution is 2.16. The molecular formula is C12H13BrN4O5. The number of fused-ring (bicyclic) bond motifs is 1. The van der Waals surface area contributed by atoms with Gasteiger partial charge in [-0.25, -0.2) is 14.6 Å². The molecule has 0 amide bonds. The molecule has 9 nitrogen and oxygen atoms in total. The van der Waals surface area contributed by atoms with Crippen molar-refractivity contribution >= 4 is 38.8 Å². The zero-order valence-corrected chi connectivity index (χ0v) is 13.7. The van der Waals surface area contributed by atoms with E-state index in [9.17, 15) is 19.2 Å². The summed E-state index contributed by atoms with van der Waals surface area (Å²) in [7, 11) is 2.78. The summed E-state index contributed by atoms with van der Waals surface area (Å²) in [5.41, 5.74) is -0.968. The normalized spacial score (nSPS) is 10.9. The Balaban J connectivity index is 2.63. The van der Waals surface area contributed by atoms with Crippen molar-refractivity contribution in [2.75, 3.05) is 6.61 Å². The van der Waals surface area contributed by atoms with Crippen LogP contribution in [-0.4, -0.2) is 37.0 Å². The van der Waals surface area contributed by atoms with E-state index in [2.05, 4.69) is 25.7 Å². The second kappa shape index (κ2) is 5.87. The molecule has 0 fully saturated rings. The average Bonchev–Trinajstić information content (AvgIpc) is 2.80. The van der Waals surface area contributed by atoms with Crippen LogP contribution in [-0.2, 0) is 35.0 Å². The molecule has 0 aromatic carbocycles. The summed E-state index contributed by atoms with van der Waals surface area (Å²) in [5, 5.41) is 0. The van der Waals surface area contributed by atoms with Gasteiger partial charge in [-0.15, -0.1) is 0 Å². The summed E-state index contributed by atoms with van der Waals surface area (Å²) in [6, 6.07) is 0. The van der Waals surface area contributed by atoms with Gasteiger partial charge in [-0.2, -0.15) is 0 Å². The van der Waals surface area contributed by atoms with Crippen molar-refractivity contribution in [1.29, 1.82) is 0 Å². The number of ketones is 1. The largest absolute Gasteiger partial charge is 0.460 e. The van der Waals surface area contributed by atoms with Crippen molar-refractivity contribution in [3.05, 3.63) is 25.6 Å². The van der Waals surface area contributed by atoms with Gasteiger partial charge < -0.3 is 9.30 Å². The molecule has 0 aliphatic rings. The summed E-state index contributed by atoms with van der Waals surface area (Å²) in [6.45, 7) is 1.25. The molecule has 0 N–H and O–H groups in total. The van der Waals surface area contributed by atoms with Crippen LogP contribution in [0.3, 0.4) is 0 Å². The quantitative estimate of drug-likeness (QED) is 0.400. The van der Waals surface area contributed by atoms with E-state index in [1.807, 2.05) is 0 Å². The molecule has 0 radical (unpaired) electrons. The van der Waals surface area contributed by atoms with Gasteiger partial charge in [0.05, 0.1) is 13.2 Å². The van der Waals surface area contributed by atoms with Crippen LogP contribution in [0.4, 0.5) is 0 Å². The second-order valence-corrected chi connectivity index (χ2v) is 5.20. The minimum Gasteiger partial charge on any atom is -0.460 e. The van der Waals surface area contributed by atoms with Gasteiger partial charge in [0.2, 0.25) is 0 Å². The highest BCUT2D eigenvalue weighted by molar-refractivity contribution is 9.10. The molecule has 0 saturated carbocycles. The third-order valence-electron chi connectivity index (χ3n) is 3.11. The number of nitrogens with zero attached hydrogens (tertiary/aromatic N) is 4. The van der Waals surface area contributed by atoms with Gasteiger partial charge >= 0.3 is 11.7 Å². The Hall–Kier alpha value is -2.23. The Kier molecular flexibility index (Phi) is 4.31. The van der Waals surface area contributed by atoms with Crippen LogP contribution in [0.5, 0.6) is 0 Å². The summed E-state index contributed by atoms with van der Waals surface area (Å²) < 4.78 is 8.11. The van der Waals surface area contributed by atoms with Gasteiger partial charge in [0.15, 0.2) is 15.9 Å². The van der Waals surface area contributed by atoms with Gasteiger partial charge in [0, 0.05) is 14.1 Å². The van der Waals surface area contributed by atoms with Crippen LogP contribution in [0.25, 0.3) is 11.2 Å². The van der Waals surface area contributed by atoms with E-state index < -0.39 is 29.5 Å². The van der Waals surface area contributed by atoms with Crippen molar-refractivity contribution in [3.63, 3.8) is 0 Å². The number of rotatable bonds is 4. The molecule has 118 valence electrons. The predicted molar refractivity (Wildman–Crippen MR) is 79.6 cm³/mol. The van der Waals surface area contributed by atoms with Crippen LogP contribution >= 0.6 is 15.9 Å². The molecule has 0 aliphatic carbocycles. The summed E-state index contributed by atoms with van der Waals surface area (Å²) in [5.74, 6) is -1.81. The second-order valence-electron chi connectivity index (χ2n) is 4.49. The molecular weight excluding hydrogens is 360 g/mol. The van der Waals surface area contributed by atoms with Crippen LogP contribution in [0.15, 0.2) is 14.3 Å². The number of aromatic nitrogens is 4. The first-order chi connectivity index (χ1) is 10.3. The number of ether oxygens (including phenoxy) is 1. The minimum atomic E-state index is -0.988. The van der Waals surface area contributed by atoms with E-state index >= 15 is 0 Å². The zero-order valence-electron chi connectivity index (χ0n) is 12.1. The Morgan fingerprint density at radius 2 is 1.86 bits per heavy atom. The highest BCUT2D eigenvalue weighted by atomic mass is 79.9. The highest BCUT2D eigenvalue weighted by Gasteiger charge is 2.22. The monoisotopic (exact) mass is 372 g/mol. The number of hydrogen-bond donors (Lipinski definition) is 0. The van der Waals surface area contributed by atoms with E-state index in [0.29, 0.717) is 0 Å². The molecule has 0 saturated heterocycles. The number of aryl methyl sites for hydroxylation is 1. The molecule has 0 atom stereocenters. The fourth-order valence-electron chi connectivity index (χ4n) is 1.98. The van der Waals surface area contributed by atoms with Crippen LogP contribution in [0.2, 0.25) is 0 Å². The van der Waals surface area contributed by atoms with E-state index in [-0.39, 0.29) is 22.5 Å². The maximum atomic E-state index is 12.3. The number of hydrogen-bond acceptors (Lipinski definition) is 6. The fraction of sp³-hybridized carbons (Fsp3) is 0.417. The van der Waals surface area contributed by atoms with E-state index in [4.69, 9.17) is 0 Å². The average molecular weight is 373 g/mol. The number of imidazole rings is 1. The van der Waals surface area contributed by atoms with Crippen LogP contribution in [0, 0.1) is 0 Å². The first-order valence-electron chi connectivity index (χ1n) is 6.31. The molecule has 10 heteroatoms. The third-order valence-corrected chi connectivity index (χ3v) is 3.71. The summed E-state index contributed by atoms with van der Waals surface area (Å²) >= 11 is 3.13. The SMILES string of the molecule is CCOC(=O)C(=O)Cn1c(Br)nc2c1c(=O)n(C)c(=O)n2C. The molecule has 0 spiro atoms. The van der Waals surface area contributed by atoms with Crippen LogP contribution < -0.4 is 11.2 Å². The lowest BCUT2D eigenvalue weighted by atomic mass is 10.4. The molecule has 22 heavy (non-hydrogen) atoms. The smallest absolute Gasteiger partial charge is 0.376 e. The number of halogens is 1. The van der Waals surface area contributed by atoms with E-state index in [0.717, 1.165) is 4.57 Å². The van der Waals surface area contributed by atoms with Crippen molar-refractivity contribution in [2.24, 2.45) is 14.1 Å². The Labute approximate surface area is 132 Å². The van der Waals surface area contributed by atoms with Crippen molar-refractivity contribution in [2.45, 2.75) is 13.5 Å². The van der Waals surface area contributed by atoms with Gasteiger partial charge in [0.25, 0.3) is 11.3 Å². The summed E-state index contributed by atoms with van der Waals surface area (Å²) in [6.07, 6.45) is 0. The maximum Gasteiger partial charge on any atom is 0.376 e. The first kappa shape index (κ1) is 16.1.